The zero-order chi connectivity index (χ0) is 11.3. The Morgan fingerprint density at radius 2 is 2.33 bits per heavy atom. The van der Waals surface area contributed by atoms with Crippen LogP contribution in [0.15, 0.2) is 28.7 Å². The predicted octanol–water partition coefficient (Wildman–Crippen LogP) is 1.61. The van der Waals surface area contributed by atoms with E-state index >= 15 is 0 Å². The van der Waals surface area contributed by atoms with E-state index in [1.165, 1.54) is 6.08 Å². The molecule has 0 bridgehead atoms. The third-order valence-electron chi connectivity index (χ3n) is 1.67. The van der Waals surface area contributed by atoms with Gasteiger partial charge in [0.2, 0.25) is 0 Å². The van der Waals surface area contributed by atoms with Crippen molar-refractivity contribution in [1.29, 1.82) is 0 Å². The molecule has 0 aromatic heterocycles. The van der Waals surface area contributed by atoms with Crippen molar-refractivity contribution in [2.75, 3.05) is 6.61 Å². The number of carbonyl (C=O) groups is 1. The van der Waals surface area contributed by atoms with Crippen molar-refractivity contribution in [3.63, 3.8) is 0 Å². The summed E-state index contributed by atoms with van der Waals surface area (Å²) in [5.41, 5.74) is 0.704. The molecular weight excluding hydrogens is 260 g/mol. The van der Waals surface area contributed by atoms with Crippen molar-refractivity contribution < 1.29 is 14.6 Å². The summed E-state index contributed by atoms with van der Waals surface area (Å²) >= 11 is 3.30. The number of hydrogen-bond acceptors (Lipinski definition) is 3. The van der Waals surface area contributed by atoms with E-state index in [0.29, 0.717) is 17.9 Å². The van der Waals surface area contributed by atoms with Crippen LogP contribution in [-0.2, 0) is 4.79 Å². The second kappa shape index (κ2) is 5.56. The lowest BCUT2D eigenvalue weighted by molar-refractivity contribution is -0.297. The number of rotatable bonds is 4. The van der Waals surface area contributed by atoms with Crippen LogP contribution < -0.4 is 9.84 Å². The lowest BCUT2D eigenvalue weighted by Gasteiger charge is -2.07. The van der Waals surface area contributed by atoms with Crippen molar-refractivity contribution >= 4 is 28.0 Å². The molecule has 0 atom stereocenters. The molecule has 1 aromatic carbocycles. The quantitative estimate of drug-likeness (QED) is 0.781. The van der Waals surface area contributed by atoms with E-state index in [2.05, 4.69) is 15.9 Å². The van der Waals surface area contributed by atoms with Gasteiger partial charge in [0.05, 0.1) is 12.6 Å². The fourth-order valence-electron chi connectivity index (χ4n) is 1.09. The van der Waals surface area contributed by atoms with Gasteiger partial charge in [-0.1, -0.05) is 15.9 Å². The van der Waals surface area contributed by atoms with Crippen molar-refractivity contribution in [2.45, 2.75) is 6.92 Å². The van der Waals surface area contributed by atoms with E-state index in [4.69, 9.17) is 4.74 Å². The van der Waals surface area contributed by atoms with Crippen molar-refractivity contribution in [1.82, 2.24) is 0 Å². The molecule has 3 nitrogen and oxygen atoms in total. The molecule has 0 saturated carbocycles. The summed E-state index contributed by atoms with van der Waals surface area (Å²) in [7, 11) is 0. The number of carbonyl (C=O) groups excluding carboxylic acids is 1. The van der Waals surface area contributed by atoms with Gasteiger partial charge in [-0.25, -0.2) is 0 Å². The standard InChI is InChI=1S/C11H11BrO3/c1-2-15-10-5-4-9(12)7-8(10)3-6-11(13)14/h3-7H,2H2,1H3,(H,13,14)/p-1/b6-3+. The highest BCUT2D eigenvalue weighted by Crippen LogP contribution is 2.24. The minimum absolute atomic E-state index is 0.536. The fraction of sp³-hybridized carbons (Fsp3) is 0.182. The number of carboxylic acids is 1. The number of aliphatic carboxylic acids is 1. The first-order chi connectivity index (χ1) is 7.13. The molecule has 1 rings (SSSR count). The Balaban J connectivity index is 3.01. The van der Waals surface area contributed by atoms with Crippen LogP contribution in [0, 0.1) is 0 Å². The monoisotopic (exact) mass is 269 g/mol. The van der Waals surface area contributed by atoms with Gasteiger partial charge in [-0.3, -0.25) is 0 Å². The van der Waals surface area contributed by atoms with E-state index < -0.39 is 5.97 Å². The first-order valence-corrected chi connectivity index (χ1v) is 5.24. The molecule has 0 heterocycles. The molecule has 0 spiro atoms. The summed E-state index contributed by atoms with van der Waals surface area (Å²) in [5.74, 6) is -0.573. The van der Waals surface area contributed by atoms with Gasteiger partial charge in [0.25, 0.3) is 0 Å². The summed E-state index contributed by atoms with van der Waals surface area (Å²) in [6, 6.07) is 5.40. The van der Waals surface area contributed by atoms with E-state index in [1.54, 1.807) is 12.1 Å². The molecule has 4 heteroatoms. The maximum atomic E-state index is 10.3. The SMILES string of the molecule is CCOc1ccc(Br)cc1/C=C/C(=O)[O-]. The van der Waals surface area contributed by atoms with Crippen LogP contribution in [0.3, 0.4) is 0 Å². The minimum Gasteiger partial charge on any atom is -0.545 e. The molecule has 0 unspecified atom stereocenters. The van der Waals surface area contributed by atoms with Gasteiger partial charge in [-0.05, 0) is 37.3 Å². The summed E-state index contributed by atoms with van der Waals surface area (Å²) < 4.78 is 6.20. The summed E-state index contributed by atoms with van der Waals surface area (Å²) in [6.45, 7) is 2.40. The highest BCUT2D eigenvalue weighted by atomic mass is 79.9. The van der Waals surface area contributed by atoms with Crippen molar-refractivity contribution in [3.05, 3.63) is 34.3 Å². The second-order valence-corrected chi connectivity index (χ2v) is 3.68. The topological polar surface area (TPSA) is 49.4 Å². The molecule has 80 valence electrons. The van der Waals surface area contributed by atoms with Crippen LogP contribution in [0.4, 0.5) is 0 Å². The predicted molar refractivity (Wildman–Crippen MR) is 59.4 cm³/mol. The number of benzene rings is 1. The van der Waals surface area contributed by atoms with Gasteiger partial charge in [-0.15, -0.1) is 0 Å². The highest BCUT2D eigenvalue weighted by Gasteiger charge is 2.00. The summed E-state index contributed by atoms with van der Waals surface area (Å²) in [5, 5.41) is 10.3. The molecule has 0 saturated heterocycles. The Kier molecular flexibility index (Phi) is 4.37. The number of ether oxygens (including phenoxy) is 1. The van der Waals surface area contributed by atoms with Gasteiger partial charge in [-0.2, -0.15) is 0 Å². The normalized spacial score (nSPS) is 10.5. The molecule has 0 N–H and O–H groups in total. The Labute approximate surface area is 96.5 Å². The molecule has 1 aromatic rings. The Morgan fingerprint density at radius 1 is 1.60 bits per heavy atom. The van der Waals surface area contributed by atoms with E-state index in [0.717, 1.165) is 10.5 Å². The third kappa shape index (κ3) is 3.75. The van der Waals surface area contributed by atoms with E-state index in [-0.39, 0.29) is 0 Å². The molecule has 0 fully saturated rings. The average Bonchev–Trinajstić information content (AvgIpc) is 2.18. The number of carboxylic acid groups (broad SMARTS) is 1. The van der Waals surface area contributed by atoms with Crippen LogP contribution in [0.1, 0.15) is 12.5 Å². The molecule has 0 aliphatic carbocycles. The van der Waals surface area contributed by atoms with Crippen LogP contribution in [0.25, 0.3) is 6.08 Å². The second-order valence-electron chi connectivity index (χ2n) is 2.77. The molecule has 0 radical (unpaired) electrons. The van der Waals surface area contributed by atoms with Crippen LogP contribution >= 0.6 is 15.9 Å². The molecule has 0 amide bonds. The lowest BCUT2D eigenvalue weighted by atomic mass is 10.2. The Bertz CT molecular complexity index is 385. The van der Waals surface area contributed by atoms with Gasteiger partial charge in [0.1, 0.15) is 5.75 Å². The first kappa shape index (κ1) is 11.8. The van der Waals surface area contributed by atoms with Gasteiger partial charge < -0.3 is 14.6 Å². The maximum Gasteiger partial charge on any atom is 0.126 e. The molecule has 0 aliphatic rings. The molecule has 15 heavy (non-hydrogen) atoms. The van der Waals surface area contributed by atoms with Crippen LogP contribution in [0.5, 0.6) is 5.75 Å². The first-order valence-electron chi connectivity index (χ1n) is 4.45. The largest absolute Gasteiger partial charge is 0.545 e. The Hall–Kier alpha value is -1.29. The van der Waals surface area contributed by atoms with E-state index in [9.17, 15) is 9.90 Å². The number of hydrogen-bond donors (Lipinski definition) is 0. The lowest BCUT2D eigenvalue weighted by Crippen LogP contribution is -2.18. The average molecular weight is 270 g/mol. The van der Waals surface area contributed by atoms with Crippen LogP contribution in [0.2, 0.25) is 0 Å². The van der Waals surface area contributed by atoms with Gasteiger partial charge >= 0.3 is 0 Å². The Morgan fingerprint density at radius 3 is 2.93 bits per heavy atom. The highest BCUT2D eigenvalue weighted by molar-refractivity contribution is 9.10. The third-order valence-corrected chi connectivity index (χ3v) is 2.16. The summed E-state index contributed by atoms with van der Waals surface area (Å²) in [6.07, 6.45) is 2.43. The minimum atomic E-state index is -1.22. The maximum absolute atomic E-state index is 10.3. The fourth-order valence-corrected chi connectivity index (χ4v) is 1.47. The van der Waals surface area contributed by atoms with Crippen LogP contribution in [-0.4, -0.2) is 12.6 Å². The number of halogens is 1. The zero-order valence-electron chi connectivity index (χ0n) is 8.20. The molecule has 0 aliphatic heterocycles. The van der Waals surface area contributed by atoms with Gasteiger partial charge in [0, 0.05) is 10.0 Å². The molecular formula is C11H10BrO3-. The zero-order valence-corrected chi connectivity index (χ0v) is 9.78. The van der Waals surface area contributed by atoms with Gasteiger partial charge in [0.15, 0.2) is 0 Å². The van der Waals surface area contributed by atoms with Crippen molar-refractivity contribution in [2.24, 2.45) is 0 Å². The smallest absolute Gasteiger partial charge is 0.126 e. The van der Waals surface area contributed by atoms with Crippen molar-refractivity contribution in [3.8, 4) is 5.75 Å². The summed E-state index contributed by atoms with van der Waals surface area (Å²) in [4.78, 5) is 10.3. The van der Waals surface area contributed by atoms with E-state index in [1.807, 2.05) is 13.0 Å².